The number of ether oxygens (including phenoxy) is 4. The van der Waals surface area contributed by atoms with Gasteiger partial charge in [-0.15, -0.1) is 0 Å². The van der Waals surface area contributed by atoms with E-state index in [1.165, 1.54) is 0 Å². The number of nitrogens with one attached hydrogen (secondary N) is 2. The Bertz CT molecular complexity index is 1490. The van der Waals surface area contributed by atoms with E-state index in [1.54, 1.807) is 31.8 Å². The second-order valence-corrected chi connectivity index (χ2v) is 11.7. The first-order valence-electron chi connectivity index (χ1n) is 15.2. The first kappa shape index (κ1) is 31.5. The molecule has 0 aromatic heterocycles. The van der Waals surface area contributed by atoms with Crippen molar-refractivity contribution in [2.24, 2.45) is 9.98 Å². The Morgan fingerprint density at radius 1 is 1.00 bits per heavy atom. The van der Waals surface area contributed by atoms with Gasteiger partial charge in [0.1, 0.15) is 35.6 Å². The number of methoxy groups -OCH3 is 2. The Morgan fingerprint density at radius 3 is 2.20 bits per heavy atom. The van der Waals surface area contributed by atoms with Crippen LogP contribution >= 0.6 is 0 Å². The molecule has 0 saturated carbocycles. The molecule has 3 aliphatic rings. The molecule has 3 unspecified atom stereocenters. The van der Waals surface area contributed by atoms with Crippen molar-refractivity contribution < 1.29 is 28.8 Å². The van der Waals surface area contributed by atoms with Gasteiger partial charge in [-0.05, 0) is 41.0 Å². The Balaban J connectivity index is 1.27. The number of hydrogen-bond donors (Lipinski definition) is 3. The van der Waals surface area contributed by atoms with E-state index in [2.05, 4.69) is 20.6 Å². The lowest BCUT2D eigenvalue weighted by molar-refractivity contribution is -0.130. The Kier molecular flexibility index (Phi) is 9.22. The zero-order chi connectivity index (χ0) is 32.3. The Morgan fingerprint density at radius 2 is 1.61 bits per heavy atom. The third-order valence-corrected chi connectivity index (χ3v) is 8.48. The van der Waals surface area contributed by atoms with E-state index in [1.807, 2.05) is 97.9 Å². The highest BCUT2D eigenvalue weighted by atomic mass is 16.6. The number of carbonyl (C=O) groups is 1. The molecule has 2 saturated heterocycles. The van der Waals surface area contributed by atoms with Crippen LogP contribution in [0.25, 0.3) is 0 Å². The van der Waals surface area contributed by atoms with E-state index in [0.29, 0.717) is 6.42 Å². The number of aliphatic hydroxyl groups is 1. The minimum atomic E-state index is -1.05. The van der Waals surface area contributed by atoms with Gasteiger partial charge in [0.25, 0.3) is 5.91 Å². The molecule has 46 heavy (non-hydrogen) atoms. The maximum atomic E-state index is 12.8. The molecule has 6 rings (SSSR count). The van der Waals surface area contributed by atoms with Gasteiger partial charge in [-0.25, -0.2) is 4.99 Å². The number of aliphatic hydroxyl groups excluding tert-OH is 1. The van der Waals surface area contributed by atoms with Crippen LogP contribution in [0.15, 0.2) is 88.8 Å². The van der Waals surface area contributed by atoms with E-state index in [-0.39, 0.29) is 12.5 Å². The first-order valence-corrected chi connectivity index (χ1v) is 15.2. The van der Waals surface area contributed by atoms with Crippen molar-refractivity contribution in [3.8, 4) is 11.5 Å². The molecule has 2 fully saturated rings. The van der Waals surface area contributed by atoms with E-state index in [0.717, 1.165) is 28.2 Å². The van der Waals surface area contributed by atoms with Gasteiger partial charge in [0.15, 0.2) is 12.3 Å². The van der Waals surface area contributed by atoms with Gasteiger partial charge in [0.05, 0.1) is 39.6 Å². The highest BCUT2D eigenvalue weighted by molar-refractivity contribution is 5.87. The van der Waals surface area contributed by atoms with Gasteiger partial charge in [-0.3, -0.25) is 15.1 Å². The summed E-state index contributed by atoms with van der Waals surface area (Å²) in [5.41, 5.74) is 1.61. The monoisotopic (exact) mass is 628 g/mol. The Hall–Kier alpha value is -4.49. The molecule has 242 valence electrons. The highest BCUT2D eigenvalue weighted by Gasteiger charge is 2.48. The molecule has 0 aliphatic carbocycles. The SMILES string of the molecule is COc1ccc(C(OC[C@H]2O[C@@H](N3C=NC4C(=O)NC(/N=C/N(C)C)NC43)C[C@@H]2O)(c2ccccc2)c2ccc(OC)cc2)cc1. The van der Waals surface area contributed by atoms with Crippen LogP contribution in [0.4, 0.5) is 0 Å². The lowest BCUT2D eigenvalue weighted by Gasteiger charge is -2.38. The highest BCUT2D eigenvalue weighted by Crippen LogP contribution is 2.42. The van der Waals surface area contributed by atoms with Crippen molar-refractivity contribution in [3.63, 3.8) is 0 Å². The first-order chi connectivity index (χ1) is 22.3. The minimum Gasteiger partial charge on any atom is -0.497 e. The van der Waals surface area contributed by atoms with Crippen LogP contribution in [-0.2, 0) is 19.9 Å². The molecule has 6 atom stereocenters. The fourth-order valence-electron chi connectivity index (χ4n) is 6.14. The van der Waals surface area contributed by atoms with Crippen LogP contribution in [0.3, 0.4) is 0 Å². The van der Waals surface area contributed by atoms with Gasteiger partial charge in [0, 0.05) is 20.5 Å². The van der Waals surface area contributed by atoms with Crippen molar-refractivity contribution >= 4 is 18.6 Å². The van der Waals surface area contributed by atoms with E-state index < -0.39 is 42.5 Å². The lowest BCUT2D eigenvalue weighted by Crippen LogP contribution is -2.66. The van der Waals surface area contributed by atoms with E-state index in [9.17, 15) is 9.90 Å². The average Bonchev–Trinajstić information content (AvgIpc) is 3.68. The lowest BCUT2D eigenvalue weighted by atomic mass is 9.80. The predicted molar refractivity (Wildman–Crippen MR) is 173 cm³/mol. The van der Waals surface area contributed by atoms with Gasteiger partial charge in [-0.1, -0.05) is 54.6 Å². The van der Waals surface area contributed by atoms with Gasteiger partial charge in [-0.2, -0.15) is 0 Å². The third-order valence-electron chi connectivity index (χ3n) is 8.48. The molecule has 0 radical (unpaired) electrons. The zero-order valence-electron chi connectivity index (χ0n) is 26.3. The summed E-state index contributed by atoms with van der Waals surface area (Å²) in [5, 5.41) is 17.4. The van der Waals surface area contributed by atoms with Gasteiger partial charge in [0.2, 0.25) is 0 Å². The number of hydrogen-bond acceptors (Lipinski definition) is 10. The van der Waals surface area contributed by atoms with Crippen molar-refractivity contribution in [1.29, 1.82) is 0 Å². The van der Waals surface area contributed by atoms with Crippen molar-refractivity contribution in [2.45, 2.75) is 49.0 Å². The summed E-state index contributed by atoms with van der Waals surface area (Å²) in [4.78, 5) is 25.3. The molecule has 0 spiro atoms. The van der Waals surface area contributed by atoms with Crippen molar-refractivity contribution in [3.05, 3.63) is 95.6 Å². The van der Waals surface area contributed by atoms with Gasteiger partial charge >= 0.3 is 0 Å². The molecule has 3 N–H and O–H groups in total. The number of carbonyl (C=O) groups excluding carboxylic acids is 1. The van der Waals surface area contributed by atoms with Crippen LogP contribution in [-0.4, -0.2) is 105 Å². The molecular formula is C34H40N6O6. The topological polar surface area (TPSA) is 129 Å². The van der Waals surface area contributed by atoms with Crippen LogP contribution in [0.5, 0.6) is 11.5 Å². The van der Waals surface area contributed by atoms with E-state index in [4.69, 9.17) is 18.9 Å². The summed E-state index contributed by atoms with van der Waals surface area (Å²) in [6, 6.07) is 24.9. The quantitative estimate of drug-likeness (QED) is 0.166. The molecular weight excluding hydrogens is 588 g/mol. The summed E-state index contributed by atoms with van der Waals surface area (Å²) in [5.74, 6) is 1.22. The van der Waals surface area contributed by atoms with Crippen LogP contribution < -0.4 is 20.1 Å². The van der Waals surface area contributed by atoms with Crippen molar-refractivity contribution in [2.75, 3.05) is 34.9 Å². The molecule has 0 bridgehead atoms. The van der Waals surface area contributed by atoms with Crippen LogP contribution in [0.2, 0.25) is 0 Å². The minimum absolute atomic E-state index is 0.0768. The number of fused-ring (bicyclic) bond motifs is 1. The molecule has 1 amide bonds. The molecule has 12 heteroatoms. The van der Waals surface area contributed by atoms with Gasteiger partial charge < -0.3 is 39.2 Å². The standard InChI is InChI=1S/C34H40N6O6/c1-39(2)20-36-33-37-31-30(32(42)38-33)35-21-40(31)29-18-27(41)28(46-29)19-45-34(22-8-6-5-7-9-22,23-10-14-25(43-3)15-11-23)24-12-16-26(44-4)17-13-24/h5-17,20-21,27-31,33,37,41H,18-19H2,1-4H3,(H,38,42)/b36-20+/t27-,28+,29+,30?,31?,33?/m0/s1. The Labute approximate surface area is 268 Å². The molecule has 3 aromatic carbocycles. The summed E-state index contributed by atoms with van der Waals surface area (Å²) in [6.07, 6.45) is 0.447. The average molecular weight is 629 g/mol. The second-order valence-electron chi connectivity index (χ2n) is 11.7. The normalized spacial score (nSPS) is 25.8. The van der Waals surface area contributed by atoms with Crippen LogP contribution in [0.1, 0.15) is 23.1 Å². The summed E-state index contributed by atoms with van der Waals surface area (Å²) < 4.78 is 24.3. The zero-order valence-corrected chi connectivity index (χ0v) is 26.3. The number of amides is 1. The summed E-state index contributed by atoms with van der Waals surface area (Å²) >= 11 is 0. The number of aliphatic imine (C=N–C) groups is 2. The fraction of sp³-hybridized carbons (Fsp3) is 0.382. The second kappa shape index (κ2) is 13.5. The predicted octanol–water partition coefficient (Wildman–Crippen LogP) is 2.12. The number of nitrogens with zero attached hydrogens (tertiary/aromatic N) is 4. The third kappa shape index (κ3) is 6.16. The van der Waals surface area contributed by atoms with Crippen molar-refractivity contribution in [1.82, 2.24) is 20.4 Å². The molecule has 3 aromatic rings. The molecule has 3 aliphatic heterocycles. The summed E-state index contributed by atoms with van der Waals surface area (Å²) in [6.45, 7) is 0.0768. The maximum absolute atomic E-state index is 12.8. The van der Waals surface area contributed by atoms with E-state index >= 15 is 0 Å². The number of benzene rings is 3. The number of rotatable bonds is 11. The summed E-state index contributed by atoms with van der Waals surface area (Å²) in [7, 11) is 6.98. The molecule has 3 heterocycles. The fourth-order valence-corrected chi connectivity index (χ4v) is 6.14. The smallest absolute Gasteiger partial charge is 0.251 e. The van der Waals surface area contributed by atoms with Crippen LogP contribution in [0, 0.1) is 0 Å². The molecule has 12 nitrogen and oxygen atoms in total. The largest absolute Gasteiger partial charge is 0.497 e. The maximum Gasteiger partial charge on any atom is 0.251 e.